The molecule has 31 heavy (non-hydrogen) atoms. The van der Waals surface area contributed by atoms with Crippen LogP contribution in [0.5, 0.6) is 0 Å². The van der Waals surface area contributed by atoms with Crippen LogP contribution in [0.2, 0.25) is 0 Å². The second-order valence-corrected chi connectivity index (χ2v) is 6.88. The number of carbonyl (C=O) groups excluding carboxylic acids is 2. The van der Waals surface area contributed by atoms with Crippen molar-refractivity contribution in [3.05, 3.63) is 92.8 Å². The molecule has 1 aromatic heterocycles. The maximum absolute atomic E-state index is 13.9. The Morgan fingerprint density at radius 1 is 0.968 bits per heavy atom. The van der Waals surface area contributed by atoms with Crippen LogP contribution in [0.4, 0.5) is 18.0 Å². The third-order valence-corrected chi connectivity index (χ3v) is 4.80. The first-order valence-corrected chi connectivity index (χ1v) is 9.10. The first-order valence-electron chi connectivity index (χ1n) is 9.10. The second kappa shape index (κ2) is 7.63. The fraction of sp³-hybridized carbons (Fsp3) is 0.0952. The van der Waals surface area contributed by atoms with E-state index < -0.39 is 41.5 Å². The van der Waals surface area contributed by atoms with Gasteiger partial charge in [0.2, 0.25) is 0 Å². The zero-order chi connectivity index (χ0) is 22.3. The number of hydrogen-bond acceptors (Lipinski definition) is 3. The number of benzene rings is 2. The van der Waals surface area contributed by atoms with Crippen LogP contribution in [0, 0.1) is 24.4 Å². The summed E-state index contributed by atoms with van der Waals surface area (Å²) in [6, 6.07) is 7.24. The fourth-order valence-corrected chi connectivity index (χ4v) is 3.18. The van der Waals surface area contributed by atoms with Crippen molar-refractivity contribution in [1.29, 1.82) is 0 Å². The van der Waals surface area contributed by atoms with Gasteiger partial charge in [-0.3, -0.25) is 19.6 Å². The second-order valence-electron chi connectivity index (χ2n) is 6.88. The van der Waals surface area contributed by atoms with E-state index in [1.54, 1.807) is 6.92 Å². The standard InChI is InChI=1S/C21H15F3N4O3/c1-11-16(19(29)28(26-11)15-6-4-13(22)5-7-15)9-18-20(30)27(21(31)25-18)10-12-2-3-14(23)8-17(12)24/h2-9,26H,10H2,1H3,(H,25,31). The molecule has 2 heterocycles. The maximum Gasteiger partial charge on any atom is 0.329 e. The minimum atomic E-state index is -0.887. The van der Waals surface area contributed by atoms with Gasteiger partial charge in [-0.25, -0.2) is 22.6 Å². The van der Waals surface area contributed by atoms with Crippen molar-refractivity contribution in [1.82, 2.24) is 20.0 Å². The Labute approximate surface area is 173 Å². The average molecular weight is 428 g/mol. The summed E-state index contributed by atoms with van der Waals surface area (Å²) in [5.41, 5.74) is 0.186. The molecule has 3 amide bonds. The van der Waals surface area contributed by atoms with E-state index in [9.17, 15) is 27.6 Å². The number of H-pyrrole nitrogens is 1. The SMILES string of the molecule is Cc1[nH]n(-c2ccc(F)cc2)c(=O)c1C=C1NC(=O)N(Cc2ccc(F)cc2F)C1=O. The van der Waals surface area contributed by atoms with Gasteiger partial charge in [-0.1, -0.05) is 6.07 Å². The van der Waals surface area contributed by atoms with Crippen molar-refractivity contribution in [3.63, 3.8) is 0 Å². The van der Waals surface area contributed by atoms with E-state index in [1.807, 2.05) is 0 Å². The van der Waals surface area contributed by atoms with Gasteiger partial charge in [-0.15, -0.1) is 0 Å². The first-order chi connectivity index (χ1) is 14.7. The Morgan fingerprint density at radius 2 is 1.65 bits per heavy atom. The van der Waals surface area contributed by atoms with Crippen LogP contribution in [0.3, 0.4) is 0 Å². The number of aromatic amines is 1. The van der Waals surface area contributed by atoms with Gasteiger partial charge in [0.1, 0.15) is 23.1 Å². The third-order valence-electron chi connectivity index (χ3n) is 4.80. The number of aromatic nitrogens is 2. The van der Waals surface area contributed by atoms with Crippen molar-refractivity contribution >= 4 is 18.0 Å². The van der Waals surface area contributed by atoms with Crippen LogP contribution >= 0.6 is 0 Å². The summed E-state index contributed by atoms with van der Waals surface area (Å²) < 4.78 is 41.3. The predicted molar refractivity (Wildman–Crippen MR) is 105 cm³/mol. The smallest absolute Gasteiger partial charge is 0.303 e. The van der Waals surface area contributed by atoms with Crippen molar-refractivity contribution in [2.45, 2.75) is 13.5 Å². The first kappa shape index (κ1) is 20.2. The van der Waals surface area contributed by atoms with Gasteiger partial charge in [0, 0.05) is 17.3 Å². The van der Waals surface area contributed by atoms with Crippen molar-refractivity contribution in [2.24, 2.45) is 0 Å². The normalized spacial score (nSPS) is 15.1. The lowest BCUT2D eigenvalue weighted by Crippen LogP contribution is -2.30. The number of carbonyl (C=O) groups is 2. The summed E-state index contributed by atoms with van der Waals surface area (Å²) in [4.78, 5) is 38.4. The molecule has 2 aromatic carbocycles. The minimum absolute atomic E-state index is 0.0392. The van der Waals surface area contributed by atoms with Gasteiger partial charge in [0.25, 0.3) is 11.5 Å². The number of halogens is 3. The number of amides is 3. The molecule has 0 unspecified atom stereocenters. The summed E-state index contributed by atoms with van der Waals surface area (Å²) in [7, 11) is 0. The van der Waals surface area contributed by atoms with Gasteiger partial charge in [0.05, 0.1) is 17.8 Å². The van der Waals surface area contributed by atoms with E-state index in [-0.39, 0.29) is 16.8 Å². The topological polar surface area (TPSA) is 87.2 Å². The number of nitrogens with zero attached hydrogens (tertiary/aromatic N) is 2. The molecule has 0 atom stereocenters. The molecule has 0 radical (unpaired) electrons. The molecular weight excluding hydrogens is 413 g/mol. The van der Waals surface area contributed by atoms with Crippen LogP contribution in [0.1, 0.15) is 16.8 Å². The van der Waals surface area contributed by atoms with E-state index in [0.717, 1.165) is 17.0 Å². The Morgan fingerprint density at radius 3 is 2.32 bits per heavy atom. The number of imide groups is 1. The molecule has 7 nitrogen and oxygen atoms in total. The summed E-state index contributed by atoms with van der Waals surface area (Å²) in [6.45, 7) is 1.20. The lowest BCUT2D eigenvalue weighted by Gasteiger charge is -2.12. The summed E-state index contributed by atoms with van der Waals surface area (Å²) in [5, 5.41) is 5.18. The Bertz CT molecular complexity index is 1290. The van der Waals surface area contributed by atoms with Crippen molar-refractivity contribution in [3.8, 4) is 5.69 Å². The minimum Gasteiger partial charge on any atom is -0.303 e. The number of nitrogens with one attached hydrogen (secondary N) is 2. The number of aryl methyl sites for hydroxylation is 1. The Balaban J connectivity index is 1.64. The average Bonchev–Trinajstić information content (AvgIpc) is 3.15. The lowest BCUT2D eigenvalue weighted by atomic mass is 10.2. The van der Waals surface area contributed by atoms with Crippen molar-refractivity contribution in [2.75, 3.05) is 0 Å². The molecule has 0 saturated carbocycles. The molecule has 0 aliphatic carbocycles. The molecular formula is C21H15F3N4O3. The molecule has 1 saturated heterocycles. The van der Waals surface area contributed by atoms with Crippen LogP contribution in [-0.4, -0.2) is 26.6 Å². The van der Waals surface area contributed by atoms with E-state index in [4.69, 9.17) is 0 Å². The molecule has 4 rings (SSSR count). The van der Waals surface area contributed by atoms with Gasteiger partial charge in [-0.05, 0) is 43.3 Å². The third kappa shape index (κ3) is 3.75. The Kier molecular flexibility index (Phi) is 4.97. The van der Waals surface area contributed by atoms with E-state index in [1.165, 1.54) is 35.0 Å². The van der Waals surface area contributed by atoms with Crippen LogP contribution in [-0.2, 0) is 11.3 Å². The quantitative estimate of drug-likeness (QED) is 0.495. The monoisotopic (exact) mass is 428 g/mol. The highest BCUT2D eigenvalue weighted by atomic mass is 19.1. The molecule has 3 aromatic rings. The summed E-state index contributed by atoms with van der Waals surface area (Å²) in [5.74, 6) is -2.89. The predicted octanol–water partition coefficient (Wildman–Crippen LogP) is 2.98. The molecule has 0 bridgehead atoms. The molecule has 1 aliphatic heterocycles. The van der Waals surface area contributed by atoms with Crippen LogP contribution in [0.15, 0.2) is 53.0 Å². The highest BCUT2D eigenvalue weighted by Gasteiger charge is 2.34. The number of urea groups is 1. The van der Waals surface area contributed by atoms with Gasteiger partial charge in [0.15, 0.2) is 0 Å². The highest BCUT2D eigenvalue weighted by molar-refractivity contribution is 6.13. The van der Waals surface area contributed by atoms with Gasteiger partial charge in [-0.2, -0.15) is 0 Å². The van der Waals surface area contributed by atoms with E-state index in [0.29, 0.717) is 17.4 Å². The van der Waals surface area contributed by atoms with Gasteiger partial charge < -0.3 is 5.32 Å². The fourth-order valence-electron chi connectivity index (χ4n) is 3.18. The van der Waals surface area contributed by atoms with Crippen LogP contribution in [0.25, 0.3) is 11.8 Å². The molecule has 158 valence electrons. The van der Waals surface area contributed by atoms with Crippen molar-refractivity contribution < 1.29 is 22.8 Å². The highest BCUT2D eigenvalue weighted by Crippen LogP contribution is 2.19. The number of rotatable bonds is 4. The molecule has 1 fully saturated rings. The Hall–Kier alpha value is -4.08. The lowest BCUT2D eigenvalue weighted by molar-refractivity contribution is -0.123. The maximum atomic E-state index is 13.9. The zero-order valence-electron chi connectivity index (χ0n) is 16.1. The number of hydrogen-bond donors (Lipinski definition) is 2. The summed E-state index contributed by atoms with van der Waals surface area (Å²) in [6.07, 6.45) is 1.22. The van der Waals surface area contributed by atoms with Crippen LogP contribution < -0.4 is 10.9 Å². The molecule has 10 heteroatoms. The van der Waals surface area contributed by atoms with E-state index in [2.05, 4.69) is 10.4 Å². The zero-order valence-corrected chi connectivity index (χ0v) is 16.1. The molecule has 1 aliphatic rings. The largest absolute Gasteiger partial charge is 0.329 e. The summed E-state index contributed by atoms with van der Waals surface area (Å²) >= 11 is 0. The van der Waals surface area contributed by atoms with Gasteiger partial charge >= 0.3 is 6.03 Å². The van der Waals surface area contributed by atoms with E-state index >= 15 is 0 Å². The molecule has 2 N–H and O–H groups in total. The molecule has 0 spiro atoms.